The summed E-state index contributed by atoms with van der Waals surface area (Å²) in [5.41, 5.74) is 0.451. The van der Waals surface area contributed by atoms with Crippen molar-refractivity contribution in [2.75, 3.05) is 49.8 Å². The quantitative estimate of drug-likeness (QED) is 0.106. The number of rotatable bonds is 14. The summed E-state index contributed by atoms with van der Waals surface area (Å²) < 4.78 is 100. The molecule has 1 saturated heterocycles. The van der Waals surface area contributed by atoms with Crippen LogP contribution in [0.3, 0.4) is 0 Å². The van der Waals surface area contributed by atoms with Gasteiger partial charge in [-0.15, -0.1) is 0 Å². The molecule has 4 aromatic rings. The molecule has 16 heteroatoms. The molecule has 0 atom stereocenters. The van der Waals surface area contributed by atoms with Gasteiger partial charge >= 0.3 is 41.9 Å². The van der Waals surface area contributed by atoms with Crippen LogP contribution in [0.25, 0.3) is 11.1 Å². The third-order valence-electron chi connectivity index (χ3n) is 8.72. The number of carboxylic acids is 1. The molecular formula is C38H39F6N4NaO5. The number of methoxy groups -OCH3 is 1. The molecule has 0 unspecified atom stereocenters. The number of aliphatic carboxylic acids is 1. The smallest absolute Gasteiger partial charge is 0.550 e. The Kier molecular flexibility index (Phi) is 14.6. The van der Waals surface area contributed by atoms with E-state index in [1.54, 1.807) is 30.6 Å². The van der Waals surface area contributed by atoms with Crippen molar-refractivity contribution < 1.29 is 80.0 Å². The molecule has 0 amide bonds. The number of alkyl halides is 6. The maximum absolute atomic E-state index is 13.9. The number of carbonyl (C=O) groups is 1. The van der Waals surface area contributed by atoms with Crippen molar-refractivity contribution in [1.29, 1.82) is 0 Å². The number of ether oxygens (including phenoxy) is 3. The zero-order chi connectivity index (χ0) is 38.3. The number of nitrogens with zero attached hydrogens (tertiary/aromatic N) is 4. The van der Waals surface area contributed by atoms with Crippen LogP contribution in [0.4, 0.5) is 38.0 Å². The minimum atomic E-state index is -5.04. The van der Waals surface area contributed by atoms with Crippen molar-refractivity contribution in [2.45, 2.75) is 58.0 Å². The van der Waals surface area contributed by atoms with Crippen LogP contribution in [0.1, 0.15) is 60.4 Å². The maximum Gasteiger partial charge on any atom is 1.00 e. The average molecular weight is 769 g/mol. The third-order valence-corrected chi connectivity index (χ3v) is 8.72. The molecule has 284 valence electrons. The van der Waals surface area contributed by atoms with E-state index >= 15 is 0 Å². The Bertz CT molecular complexity index is 1840. The van der Waals surface area contributed by atoms with E-state index in [4.69, 9.17) is 14.2 Å². The molecule has 54 heavy (non-hydrogen) atoms. The first-order valence-electron chi connectivity index (χ1n) is 16.9. The monoisotopic (exact) mass is 768 g/mol. The standard InChI is InChI=1S/C38H40F6N4O5.Na/c1-24(2)26-6-9-34(51-3)33(18-26)32-8-7-31(53-12-4-5-35(49)50)17-27(32)23-48(36-45-20-30(21-46-36)47-10-13-52-14-11-47)22-25-15-28(37(39,40)41)19-29(16-25)38(42,43)44;/h6-9,15-21,24H,4-5,10-14,22-23H2,1-3H3,(H,49,50);/q;+1/p-1. The molecule has 0 N–H and O–H groups in total. The van der Waals surface area contributed by atoms with Crippen LogP contribution < -0.4 is 53.9 Å². The van der Waals surface area contributed by atoms with Gasteiger partial charge in [0.15, 0.2) is 0 Å². The summed E-state index contributed by atoms with van der Waals surface area (Å²) in [6.45, 7) is 5.78. The molecule has 1 fully saturated rings. The third kappa shape index (κ3) is 11.2. The van der Waals surface area contributed by atoms with Gasteiger partial charge in [-0.25, -0.2) is 9.97 Å². The molecule has 0 saturated carbocycles. The topological polar surface area (TPSA) is 100 Å². The van der Waals surface area contributed by atoms with Crippen LogP contribution in [-0.2, 0) is 35.0 Å². The van der Waals surface area contributed by atoms with Crippen LogP contribution in [0.2, 0.25) is 0 Å². The average Bonchev–Trinajstić information content (AvgIpc) is 3.12. The Labute approximate surface area is 331 Å². The maximum atomic E-state index is 13.9. The fraction of sp³-hybridized carbons (Fsp3) is 0.395. The van der Waals surface area contributed by atoms with Gasteiger partial charge in [-0.3, -0.25) is 0 Å². The van der Waals surface area contributed by atoms with Crippen molar-refractivity contribution in [3.05, 3.63) is 94.8 Å². The number of halogens is 6. The van der Waals surface area contributed by atoms with Crippen molar-refractivity contribution in [2.24, 2.45) is 0 Å². The van der Waals surface area contributed by atoms with Crippen LogP contribution in [-0.4, -0.2) is 56.0 Å². The van der Waals surface area contributed by atoms with E-state index < -0.39 is 36.0 Å². The molecule has 1 aliphatic rings. The number of aromatic nitrogens is 2. The van der Waals surface area contributed by atoms with Gasteiger partial charge in [0.05, 0.1) is 56.1 Å². The Morgan fingerprint density at radius 2 is 1.56 bits per heavy atom. The van der Waals surface area contributed by atoms with E-state index in [-0.39, 0.29) is 79.0 Å². The molecule has 1 aromatic heterocycles. The summed E-state index contributed by atoms with van der Waals surface area (Å²) in [7, 11) is 1.52. The van der Waals surface area contributed by atoms with Gasteiger partial charge in [0, 0.05) is 37.7 Å². The predicted molar refractivity (Wildman–Crippen MR) is 184 cm³/mol. The van der Waals surface area contributed by atoms with E-state index in [1.807, 2.05) is 36.9 Å². The number of carbonyl (C=O) groups excluding carboxylic acids is 1. The summed E-state index contributed by atoms with van der Waals surface area (Å²) in [6.07, 6.45) is -7.00. The van der Waals surface area contributed by atoms with E-state index in [9.17, 15) is 36.2 Å². The first-order valence-corrected chi connectivity index (χ1v) is 16.9. The molecule has 0 aliphatic carbocycles. The van der Waals surface area contributed by atoms with Gasteiger partial charge in [-0.2, -0.15) is 26.3 Å². The first kappa shape index (κ1) is 42.7. The number of carboxylic acid groups (broad SMARTS) is 1. The zero-order valence-corrected chi connectivity index (χ0v) is 32.4. The largest absolute Gasteiger partial charge is 1.00 e. The van der Waals surface area contributed by atoms with Crippen molar-refractivity contribution in [1.82, 2.24) is 9.97 Å². The summed E-state index contributed by atoms with van der Waals surface area (Å²) >= 11 is 0. The fourth-order valence-electron chi connectivity index (χ4n) is 5.95. The van der Waals surface area contributed by atoms with E-state index in [0.29, 0.717) is 72.3 Å². The van der Waals surface area contributed by atoms with Gasteiger partial charge in [-0.1, -0.05) is 26.0 Å². The second kappa shape index (κ2) is 18.5. The first-order chi connectivity index (χ1) is 25.1. The van der Waals surface area contributed by atoms with Crippen molar-refractivity contribution in [3.63, 3.8) is 0 Å². The van der Waals surface area contributed by atoms with E-state index in [1.165, 1.54) is 12.0 Å². The number of hydrogen-bond acceptors (Lipinski definition) is 9. The van der Waals surface area contributed by atoms with Crippen LogP contribution in [0.5, 0.6) is 11.5 Å². The normalized spacial score (nSPS) is 13.4. The molecule has 0 bridgehead atoms. The van der Waals surface area contributed by atoms with Crippen LogP contribution in [0.15, 0.2) is 67.0 Å². The second-order valence-corrected chi connectivity index (χ2v) is 12.9. The van der Waals surface area contributed by atoms with E-state index in [0.717, 1.165) is 5.56 Å². The molecule has 9 nitrogen and oxygen atoms in total. The number of hydrogen-bond donors (Lipinski definition) is 0. The Morgan fingerprint density at radius 1 is 0.907 bits per heavy atom. The molecule has 1 aliphatic heterocycles. The van der Waals surface area contributed by atoms with Crippen molar-refractivity contribution >= 4 is 17.6 Å². The summed E-state index contributed by atoms with van der Waals surface area (Å²) in [4.78, 5) is 23.5. The minimum absolute atomic E-state index is 0. The molecule has 0 radical (unpaired) electrons. The number of morpholine rings is 1. The molecular weight excluding hydrogens is 729 g/mol. The summed E-state index contributed by atoms with van der Waals surface area (Å²) in [5.74, 6) is -0.123. The van der Waals surface area contributed by atoms with Gasteiger partial charge in [0.1, 0.15) is 11.5 Å². The van der Waals surface area contributed by atoms with Crippen LogP contribution in [0, 0.1) is 0 Å². The van der Waals surface area contributed by atoms with Gasteiger partial charge < -0.3 is 33.9 Å². The zero-order valence-electron chi connectivity index (χ0n) is 30.4. The van der Waals surface area contributed by atoms with Gasteiger partial charge in [-0.05, 0) is 83.5 Å². The summed E-state index contributed by atoms with van der Waals surface area (Å²) in [6, 6.07) is 12.4. The number of anilines is 2. The van der Waals surface area contributed by atoms with Crippen LogP contribution >= 0.6 is 0 Å². The number of benzene rings is 3. The summed E-state index contributed by atoms with van der Waals surface area (Å²) in [5, 5.41) is 10.9. The van der Waals surface area contributed by atoms with Gasteiger partial charge in [0.25, 0.3) is 0 Å². The van der Waals surface area contributed by atoms with E-state index in [2.05, 4.69) is 9.97 Å². The molecule has 5 rings (SSSR count). The van der Waals surface area contributed by atoms with Crippen molar-refractivity contribution in [3.8, 4) is 22.6 Å². The Hall–Kier alpha value is -4.05. The van der Waals surface area contributed by atoms with Gasteiger partial charge in [0.2, 0.25) is 5.95 Å². The SMILES string of the molecule is COc1ccc(C(C)C)cc1-c1ccc(OCCCC(=O)[O-])cc1CN(Cc1cc(C(F)(F)F)cc(C(F)(F)F)c1)c1ncc(N2CCOCC2)cn1.[Na+]. The predicted octanol–water partition coefficient (Wildman–Crippen LogP) is 4.27. The Morgan fingerprint density at radius 3 is 2.13 bits per heavy atom. The molecule has 3 aromatic carbocycles. The minimum Gasteiger partial charge on any atom is -0.550 e. The Balaban J connectivity index is 0.00000650. The fourth-order valence-corrected chi connectivity index (χ4v) is 5.95. The molecule has 2 heterocycles. The second-order valence-electron chi connectivity index (χ2n) is 12.9. The molecule has 0 spiro atoms.